The average molecular weight is 251 g/mol. The van der Waals surface area contributed by atoms with E-state index < -0.39 is 0 Å². The van der Waals surface area contributed by atoms with Crippen LogP contribution in [0.2, 0.25) is 0 Å². The van der Waals surface area contributed by atoms with Gasteiger partial charge in [-0.05, 0) is 39.5 Å². The molecule has 0 unspecified atom stereocenters. The number of nitrogens with one attached hydrogen (secondary N) is 1. The molecule has 1 aliphatic carbocycles. The molecule has 0 saturated heterocycles. The van der Waals surface area contributed by atoms with Gasteiger partial charge in [0.15, 0.2) is 0 Å². The van der Waals surface area contributed by atoms with Crippen LogP contribution in [0.25, 0.3) is 0 Å². The van der Waals surface area contributed by atoms with Crippen LogP contribution in [-0.4, -0.2) is 22.3 Å². The summed E-state index contributed by atoms with van der Waals surface area (Å²) < 4.78 is 5.70. The zero-order chi connectivity index (χ0) is 13.0. The standard InChI is InChI=1S/C14H25N3O/c1-14(2,3)15-9-8-12-16-17-13(18-12)10-11-6-4-5-7-11/h11,15H,4-10H2,1-3H3. The Balaban J connectivity index is 1.75. The fraction of sp³-hybridized carbons (Fsp3) is 0.857. The third-order valence-corrected chi connectivity index (χ3v) is 3.44. The molecule has 0 atom stereocenters. The van der Waals surface area contributed by atoms with Gasteiger partial charge in [-0.1, -0.05) is 12.8 Å². The molecule has 0 bridgehead atoms. The number of rotatable bonds is 5. The van der Waals surface area contributed by atoms with Crippen molar-refractivity contribution in [2.45, 2.75) is 64.8 Å². The maximum absolute atomic E-state index is 5.70. The molecule has 1 fully saturated rings. The Morgan fingerprint density at radius 3 is 2.50 bits per heavy atom. The zero-order valence-electron chi connectivity index (χ0n) is 11.8. The number of nitrogens with zero attached hydrogens (tertiary/aromatic N) is 2. The molecule has 1 aliphatic rings. The van der Waals surface area contributed by atoms with Gasteiger partial charge in [-0.2, -0.15) is 0 Å². The lowest BCUT2D eigenvalue weighted by molar-refractivity contribution is 0.387. The quantitative estimate of drug-likeness (QED) is 0.874. The molecule has 0 amide bonds. The van der Waals surface area contributed by atoms with E-state index >= 15 is 0 Å². The summed E-state index contributed by atoms with van der Waals surface area (Å²) >= 11 is 0. The average Bonchev–Trinajstić information content (AvgIpc) is 2.89. The van der Waals surface area contributed by atoms with Crippen molar-refractivity contribution < 1.29 is 4.42 Å². The van der Waals surface area contributed by atoms with Crippen molar-refractivity contribution in [1.82, 2.24) is 15.5 Å². The first-order valence-electron chi connectivity index (χ1n) is 7.09. The van der Waals surface area contributed by atoms with E-state index in [1.54, 1.807) is 0 Å². The van der Waals surface area contributed by atoms with E-state index in [-0.39, 0.29) is 5.54 Å². The molecular formula is C14H25N3O. The molecular weight excluding hydrogens is 226 g/mol. The summed E-state index contributed by atoms with van der Waals surface area (Å²) in [5, 5.41) is 11.7. The van der Waals surface area contributed by atoms with E-state index in [4.69, 9.17) is 4.42 Å². The molecule has 1 aromatic heterocycles. The topological polar surface area (TPSA) is 51.0 Å². The smallest absolute Gasteiger partial charge is 0.217 e. The minimum Gasteiger partial charge on any atom is -0.425 e. The predicted octanol–water partition coefficient (Wildman–Crippen LogP) is 2.73. The van der Waals surface area contributed by atoms with Crippen LogP contribution in [0.4, 0.5) is 0 Å². The largest absolute Gasteiger partial charge is 0.425 e. The summed E-state index contributed by atoms with van der Waals surface area (Å²) in [6.07, 6.45) is 7.16. The van der Waals surface area contributed by atoms with E-state index in [2.05, 4.69) is 36.3 Å². The van der Waals surface area contributed by atoms with Gasteiger partial charge in [-0.25, -0.2) is 0 Å². The van der Waals surface area contributed by atoms with Gasteiger partial charge >= 0.3 is 0 Å². The van der Waals surface area contributed by atoms with Crippen LogP contribution in [-0.2, 0) is 12.8 Å². The van der Waals surface area contributed by atoms with Crippen LogP contribution < -0.4 is 5.32 Å². The van der Waals surface area contributed by atoms with Crippen molar-refractivity contribution in [1.29, 1.82) is 0 Å². The second kappa shape index (κ2) is 5.83. The van der Waals surface area contributed by atoms with Crippen molar-refractivity contribution in [2.24, 2.45) is 5.92 Å². The van der Waals surface area contributed by atoms with E-state index in [1.165, 1.54) is 25.7 Å². The second-order valence-corrected chi connectivity index (χ2v) is 6.37. The first-order chi connectivity index (χ1) is 8.53. The van der Waals surface area contributed by atoms with Crippen molar-refractivity contribution in [2.75, 3.05) is 6.54 Å². The molecule has 1 heterocycles. The van der Waals surface area contributed by atoms with Gasteiger partial charge in [0.05, 0.1) is 0 Å². The molecule has 0 radical (unpaired) electrons. The molecule has 102 valence electrons. The minimum atomic E-state index is 0.146. The zero-order valence-corrected chi connectivity index (χ0v) is 11.8. The van der Waals surface area contributed by atoms with E-state index in [0.29, 0.717) is 0 Å². The monoisotopic (exact) mass is 251 g/mol. The second-order valence-electron chi connectivity index (χ2n) is 6.37. The van der Waals surface area contributed by atoms with Gasteiger partial charge in [0.1, 0.15) is 0 Å². The summed E-state index contributed by atoms with van der Waals surface area (Å²) in [7, 11) is 0. The summed E-state index contributed by atoms with van der Waals surface area (Å²) in [6, 6.07) is 0. The Morgan fingerprint density at radius 2 is 1.83 bits per heavy atom. The van der Waals surface area contributed by atoms with Crippen LogP contribution in [0.3, 0.4) is 0 Å². The van der Waals surface area contributed by atoms with E-state index in [1.807, 2.05) is 0 Å². The predicted molar refractivity (Wildman–Crippen MR) is 71.4 cm³/mol. The molecule has 4 nitrogen and oxygen atoms in total. The van der Waals surface area contributed by atoms with Gasteiger partial charge in [0.2, 0.25) is 11.8 Å². The third kappa shape index (κ3) is 4.41. The highest BCUT2D eigenvalue weighted by molar-refractivity contribution is 4.87. The van der Waals surface area contributed by atoms with E-state index in [9.17, 15) is 0 Å². The maximum atomic E-state index is 5.70. The Kier molecular flexibility index (Phi) is 4.38. The normalized spacial score (nSPS) is 17.5. The van der Waals surface area contributed by atoms with Crippen LogP contribution in [0.15, 0.2) is 4.42 Å². The molecule has 0 aliphatic heterocycles. The first kappa shape index (κ1) is 13.5. The molecule has 1 N–H and O–H groups in total. The Bertz CT molecular complexity index is 361. The van der Waals surface area contributed by atoms with Crippen molar-refractivity contribution in [3.05, 3.63) is 11.8 Å². The van der Waals surface area contributed by atoms with Crippen molar-refractivity contribution in [3.63, 3.8) is 0 Å². The van der Waals surface area contributed by atoms with Gasteiger partial charge in [0.25, 0.3) is 0 Å². The van der Waals surface area contributed by atoms with Gasteiger partial charge in [-0.3, -0.25) is 0 Å². The van der Waals surface area contributed by atoms with E-state index in [0.717, 1.165) is 37.1 Å². The Morgan fingerprint density at radius 1 is 1.17 bits per heavy atom. The fourth-order valence-corrected chi connectivity index (χ4v) is 2.48. The van der Waals surface area contributed by atoms with Gasteiger partial charge in [0, 0.05) is 24.9 Å². The molecule has 18 heavy (non-hydrogen) atoms. The molecule has 1 aromatic rings. The number of hydrogen-bond donors (Lipinski definition) is 1. The van der Waals surface area contributed by atoms with Crippen LogP contribution >= 0.6 is 0 Å². The highest BCUT2D eigenvalue weighted by Gasteiger charge is 2.18. The minimum absolute atomic E-state index is 0.146. The summed E-state index contributed by atoms with van der Waals surface area (Å²) in [6.45, 7) is 7.36. The lowest BCUT2D eigenvalue weighted by atomic mass is 10.0. The fourth-order valence-electron chi connectivity index (χ4n) is 2.48. The highest BCUT2D eigenvalue weighted by atomic mass is 16.4. The lowest BCUT2D eigenvalue weighted by Crippen LogP contribution is -2.37. The first-order valence-corrected chi connectivity index (χ1v) is 7.09. The Labute approximate surface area is 110 Å². The number of hydrogen-bond acceptors (Lipinski definition) is 4. The highest BCUT2D eigenvalue weighted by Crippen LogP contribution is 2.27. The summed E-state index contributed by atoms with van der Waals surface area (Å²) in [5.74, 6) is 2.36. The van der Waals surface area contributed by atoms with Crippen molar-refractivity contribution in [3.8, 4) is 0 Å². The molecule has 2 rings (SSSR count). The summed E-state index contributed by atoms with van der Waals surface area (Å²) in [4.78, 5) is 0. The van der Waals surface area contributed by atoms with Crippen LogP contribution in [0, 0.1) is 5.92 Å². The van der Waals surface area contributed by atoms with Crippen LogP contribution in [0.1, 0.15) is 58.2 Å². The summed E-state index contributed by atoms with van der Waals surface area (Å²) in [5.41, 5.74) is 0.146. The van der Waals surface area contributed by atoms with Crippen molar-refractivity contribution >= 4 is 0 Å². The number of aromatic nitrogens is 2. The molecule has 0 aromatic carbocycles. The molecule has 4 heteroatoms. The molecule has 0 spiro atoms. The third-order valence-electron chi connectivity index (χ3n) is 3.44. The lowest BCUT2D eigenvalue weighted by Gasteiger charge is -2.19. The molecule has 1 saturated carbocycles. The Hall–Kier alpha value is -0.900. The maximum Gasteiger partial charge on any atom is 0.217 e. The van der Waals surface area contributed by atoms with Crippen LogP contribution in [0.5, 0.6) is 0 Å². The van der Waals surface area contributed by atoms with Gasteiger partial charge < -0.3 is 9.73 Å². The van der Waals surface area contributed by atoms with Gasteiger partial charge in [-0.15, -0.1) is 10.2 Å². The SMILES string of the molecule is CC(C)(C)NCCc1nnc(CC2CCCC2)o1.